The smallest absolute Gasteiger partial charge is 0.328 e. The number of ether oxygens (including phenoxy) is 1. The van der Waals surface area contributed by atoms with Gasteiger partial charge in [-0.05, 0) is 17.9 Å². The van der Waals surface area contributed by atoms with E-state index in [4.69, 9.17) is 9.26 Å². The van der Waals surface area contributed by atoms with Gasteiger partial charge in [0.1, 0.15) is 0 Å². The third-order valence-electron chi connectivity index (χ3n) is 1.75. The van der Waals surface area contributed by atoms with Gasteiger partial charge in [0.15, 0.2) is 0 Å². The molecule has 1 aliphatic heterocycles. The third kappa shape index (κ3) is 2.77. The maximum atomic E-state index is 11.3. The molecule has 0 bridgehead atoms. The lowest BCUT2D eigenvalue weighted by Crippen LogP contribution is -2.09. The molecule has 70 valence electrons. The summed E-state index contributed by atoms with van der Waals surface area (Å²) < 4.78 is 21.7. The Labute approximate surface area is 81.8 Å². The van der Waals surface area contributed by atoms with Gasteiger partial charge in [-0.25, -0.2) is 0 Å². The highest BCUT2D eigenvalue weighted by atomic mass is 79.9. The molecule has 5 heteroatoms. The predicted octanol–water partition coefficient (Wildman–Crippen LogP) is 2.67. The lowest BCUT2D eigenvalue weighted by atomic mass is 10.3. The first kappa shape index (κ1) is 10.6. The van der Waals surface area contributed by atoms with Crippen LogP contribution in [0.2, 0.25) is 0 Å². The minimum atomic E-state index is -1.61. The zero-order valence-electron chi connectivity index (χ0n) is 7.03. The van der Waals surface area contributed by atoms with Crippen molar-refractivity contribution in [2.75, 3.05) is 11.9 Å². The molecule has 0 aromatic heterocycles. The molecular formula is C7H13BrO3P+. The van der Waals surface area contributed by atoms with E-state index in [1.54, 1.807) is 0 Å². The quantitative estimate of drug-likeness (QED) is 0.573. The molecule has 0 aromatic rings. The van der Waals surface area contributed by atoms with Gasteiger partial charge in [0.25, 0.3) is 5.85 Å². The van der Waals surface area contributed by atoms with Crippen molar-refractivity contribution in [2.24, 2.45) is 0 Å². The summed E-state index contributed by atoms with van der Waals surface area (Å²) in [5, 5.41) is 0.818. The van der Waals surface area contributed by atoms with Crippen molar-refractivity contribution < 1.29 is 13.8 Å². The summed E-state index contributed by atoms with van der Waals surface area (Å²) in [6.45, 7) is 2.33. The van der Waals surface area contributed by atoms with Crippen LogP contribution in [0.4, 0.5) is 0 Å². The van der Waals surface area contributed by atoms with E-state index < -0.39 is 8.03 Å². The molecule has 1 heterocycles. The van der Waals surface area contributed by atoms with Crippen molar-refractivity contribution in [2.45, 2.75) is 31.7 Å². The molecule has 1 saturated heterocycles. The SMILES string of the molecule is CCO[P+](=O)C1CCC(CBr)O1. The standard InChI is InChI=1S/C7H13BrO3P/c1-2-10-12(9)7-4-3-6(5-8)11-7/h6-7H,2-5H2,1H3/q+1. The van der Waals surface area contributed by atoms with Crippen LogP contribution < -0.4 is 0 Å². The highest BCUT2D eigenvalue weighted by molar-refractivity contribution is 9.09. The molecule has 0 aromatic carbocycles. The molecule has 1 fully saturated rings. The Kier molecular flexibility index (Phi) is 4.65. The molecule has 12 heavy (non-hydrogen) atoms. The Balaban J connectivity index is 2.31. The fraction of sp³-hybridized carbons (Fsp3) is 1.00. The van der Waals surface area contributed by atoms with Crippen LogP contribution >= 0.6 is 24.0 Å². The second-order valence-corrected chi connectivity index (χ2v) is 4.70. The van der Waals surface area contributed by atoms with Crippen LogP contribution in [0.25, 0.3) is 0 Å². The van der Waals surface area contributed by atoms with Crippen molar-refractivity contribution in [1.29, 1.82) is 0 Å². The molecule has 0 amide bonds. The van der Waals surface area contributed by atoms with Crippen molar-refractivity contribution in [3.63, 3.8) is 0 Å². The van der Waals surface area contributed by atoms with Gasteiger partial charge >= 0.3 is 8.03 Å². The Hall–Kier alpha value is 0.500. The van der Waals surface area contributed by atoms with E-state index in [0.29, 0.717) is 6.61 Å². The van der Waals surface area contributed by atoms with Gasteiger partial charge in [0.2, 0.25) is 0 Å². The van der Waals surface area contributed by atoms with Crippen molar-refractivity contribution in [3.05, 3.63) is 0 Å². The van der Waals surface area contributed by atoms with Gasteiger partial charge in [0.05, 0.1) is 12.7 Å². The summed E-state index contributed by atoms with van der Waals surface area (Å²) in [7, 11) is -1.61. The van der Waals surface area contributed by atoms with Crippen molar-refractivity contribution in [3.8, 4) is 0 Å². The molecular weight excluding hydrogens is 243 g/mol. The van der Waals surface area contributed by atoms with Crippen LogP contribution in [0, 0.1) is 0 Å². The van der Waals surface area contributed by atoms with E-state index in [9.17, 15) is 4.57 Å². The summed E-state index contributed by atoms with van der Waals surface area (Å²) in [4.78, 5) is 0. The topological polar surface area (TPSA) is 35.5 Å². The highest BCUT2D eigenvalue weighted by Crippen LogP contribution is 2.39. The monoisotopic (exact) mass is 255 g/mol. The van der Waals surface area contributed by atoms with Crippen LogP contribution in [0.15, 0.2) is 0 Å². The normalized spacial score (nSPS) is 30.7. The first-order valence-electron chi connectivity index (χ1n) is 4.08. The van der Waals surface area contributed by atoms with Crippen LogP contribution in [-0.4, -0.2) is 23.9 Å². The maximum absolute atomic E-state index is 11.3. The molecule has 0 spiro atoms. The van der Waals surface area contributed by atoms with Gasteiger partial charge in [-0.2, -0.15) is 0 Å². The van der Waals surface area contributed by atoms with Gasteiger partial charge in [0, 0.05) is 11.8 Å². The fourth-order valence-corrected chi connectivity index (χ4v) is 2.69. The predicted molar refractivity (Wildman–Crippen MR) is 50.9 cm³/mol. The average molecular weight is 256 g/mol. The number of alkyl halides is 1. The fourth-order valence-electron chi connectivity index (χ4n) is 1.17. The van der Waals surface area contributed by atoms with Crippen LogP contribution in [0.3, 0.4) is 0 Å². The highest BCUT2D eigenvalue weighted by Gasteiger charge is 2.40. The van der Waals surface area contributed by atoms with E-state index in [2.05, 4.69) is 15.9 Å². The second-order valence-electron chi connectivity index (χ2n) is 2.65. The minimum Gasteiger partial charge on any atom is -0.328 e. The third-order valence-corrected chi connectivity index (χ3v) is 3.83. The lowest BCUT2D eigenvalue weighted by Gasteiger charge is -2.02. The lowest BCUT2D eigenvalue weighted by molar-refractivity contribution is 0.0961. The molecule has 3 atom stereocenters. The first-order valence-corrected chi connectivity index (χ1v) is 6.45. The number of hydrogen-bond acceptors (Lipinski definition) is 3. The van der Waals surface area contributed by atoms with E-state index >= 15 is 0 Å². The number of hydrogen-bond donors (Lipinski definition) is 0. The second kappa shape index (κ2) is 5.28. The molecule has 3 unspecified atom stereocenters. The summed E-state index contributed by atoms with van der Waals surface area (Å²) in [6.07, 6.45) is 2.05. The number of halogens is 1. The van der Waals surface area contributed by atoms with Crippen molar-refractivity contribution >= 4 is 24.0 Å². The average Bonchev–Trinajstić information content (AvgIpc) is 2.52. The maximum Gasteiger partial charge on any atom is 0.540 e. The van der Waals surface area contributed by atoms with Gasteiger partial charge in [-0.15, -0.1) is 4.52 Å². The van der Waals surface area contributed by atoms with Crippen LogP contribution in [0.5, 0.6) is 0 Å². The number of rotatable bonds is 4. The molecule has 0 saturated carbocycles. The zero-order chi connectivity index (χ0) is 8.97. The molecule has 0 radical (unpaired) electrons. The largest absolute Gasteiger partial charge is 0.540 e. The summed E-state index contributed by atoms with van der Waals surface area (Å²) in [5.41, 5.74) is 0. The summed E-state index contributed by atoms with van der Waals surface area (Å²) in [6, 6.07) is 0. The van der Waals surface area contributed by atoms with Gasteiger partial charge in [-0.1, -0.05) is 15.9 Å². The van der Waals surface area contributed by atoms with E-state index in [1.807, 2.05) is 6.92 Å². The van der Waals surface area contributed by atoms with E-state index in [1.165, 1.54) is 0 Å². The Bertz CT molecular complexity index is 165. The molecule has 3 nitrogen and oxygen atoms in total. The summed E-state index contributed by atoms with van der Waals surface area (Å²) >= 11 is 3.33. The van der Waals surface area contributed by atoms with Gasteiger partial charge < -0.3 is 4.74 Å². The molecule has 0 N–H and O–H groups in total. The molecule has 1 rings (SSSR count). The van der Waals surface area contributed by atoms with Crippen LogP contribution in [0.1, 0.15) is 19.8 Å². The van der Waals surface area contributed by atoms with Crippen molar-refractivity contribution in [1.82, 2.24) is 0 Å². The molecule has 0 aliphatic carbocycles. The first-order chi connectivity index (χ1) is 5.77. The Morgan fingerprint density at radius 2 is 2.42 bits per heavy atom. The Morgan fingerprint density at radius 3 is 2.92 bits per heavy atom. The summed E-state index contributed by atoms with van der Waals surface area (Å²) in [5.74, 6) is -0.178. The van der Waals surface area contributed by atoms with Crippen LogP contribution in [-0.2, 0) is 13.8 Å². The van der Waals surface area contributed by atoms with E-state index in [-0.39, 0.29) is 11.9 Å². The Morgan fingerprint density at radius 1 is 1.67 bits per heavy atom. The minimum absolute atomic E-state index is 0.178. The van der Waals surface area contributed by atoms with E-state index in [0.717, 1.165) is 18.2 Å². The van der Waals surface area contributed by atoms with Gasteiger partial charge in [-0.3, -0.25) is 0 Å². The zero-order valence-corrected chi connectivity index (χ0v) is 9.51. The molecule has 1 aliphatic rings.